The van der Waals surface area contributed by atoms with Crippen LogP contribution in [0.3, 0.4) is 0 Å². The van der Waals surface area contributed by atoms with Crippen molar-refractivity contribution in [3.05, 3.63) is 0 Å². The molecular formula is C12H20N2O3. The normalized spacial score (nSPS) is 10.5. The topological polar surface area (TPSA) is 79.2 Å². The Morgan fingerprint density at radius 3 is 2.47 bits per heavy atom. The van der Waals surface area contributed by atoms with Crippen molar-refractivity contribution >= 4 is 11.9 Å². The summed E-state index contributed by atoms with van der Waals surface area (Å²) in [5, 5.41) is 10.9. The number of ketones is 1. The highest BCUT2D eigenvalue weighted by Crippen LogP contribution is 2.06. The standard InChI is InChI=1S/C12H20N2O3/c1-12(2,3)17-11(16)14-9-5-4-6-10(15)7-8-13/h4-7,9H2,1-3H3,(H,14,16). The van der Waals surface area contributed by atoms with Gasteiger partial charge in [-0.1, -0.05) is 0 Å². The largest absolute Gasteiger partial charge is 0.444 e. The van der Waals surface area contributed by atoms with E-state index in [1.807, 2.05) is 6.07 Å². The van der Waals surface area contributed by atoms with E-state index in [2.05, 4.69) is 5.32 Å². The molecule has 0 aliphatic rings. The lowest BCUT2D eigenvalue weighted by Crippen LogP contribution is -2.33. The Labute approximate surface area is 102 Å². The van der Waals surface area contributed by atoms with Gasteiger partial charge >= 0.3 is 6.09 Å². The first-order valence-corrected chi connectivity index (χ1v) is 5.70. The van der Waals surface area contributed by atoms with E-state index in [0.29, 0.717) is 25.8 Å². The Balaban J connectivity index is 3.50. The van der Waals surface area contributed by atoms with Gasteiger partial charge in [0, 0.05) is 13.0 Å². The minimum atomic E-state index is -0.493. The van der Waals surface area contributed by atoms with Crippen LogP contribution in [0.5, 0.6) is 0 Å². The van der Waals surface area contributed by atoms with Gasteiger partial charge in [0.2, 0.25) is 0 Å². The van der Waals surface area contributed by atoms with Crippen LogP contribution in [0.1, 0.15) is 46.5 Å². The Morgan fingerprint density at radius 1 is 1.29 bits per heavy atom. The molecule has 0 aromatic carbocycles. The zero-order valence-corrected chi connectivity index (χ0v) is 10.7. The third-order valence-corrected chi connectivity index (χ3v) is 1.83. The zero-order chi connectivity index (χ0) is 13.3. The van der Waals surface area contributed by atoms with Gasteiger partial charge < -0.3 is 10.1 Å². The molecule has 0 unspecified atom stereocenters. The first-order chi connectivity index (χ1) is 7.85. The van der Waals surface area contributed by atoms with Gasteiger partial charge in [0.25, 0.3) is 0 Å². The van der Waals surface area contributed by atoms with E-state index in [1.165, 1.54) is 0 Å². The van der Waals surface area contributed by atoms with Gasteiger partial charge in [-0.05, 0) is 33.6 Å². The first kappa shape index (κ1) is 15.4. The molecule has 0 spiro atoms. The number of alkyl carbamates (subject to hydrolysis) is 1. The van der Waals surface area contributed by atoms with Crippen LogP contribution in [0.2, 0.25) is 0 Å². The second-order valence-corrected chi connectivity index (χ2v) is 4.76. The third-order valence-electron chi connectivity index (χ3n) is 1.83. The third kappa shape index (κ3) is 10.7. The lowest BCUT2D eigenvalue weighted by molar-refractivity contribution is -0.118. The number of amides is 1. The number of carbonyl (C=O) groups is 2. The van der Waals surface area contributed by atoms with Crippen molar-refractivity contribution in [2.75, 3.05) is 6.54 Å². The van der Waals surface area contributed by atoms with Crippen LogP contribution in [0.4, 0.5) is 4.79 Å². The molecule has 0 saturated heterocycles. The van der Waals surface area contributed by atoms with Crippen LogP contribution in [0, 0.1) is 11.3 Å². The molecule has 0 radical (unpaired) electrons. The van der Waals surface area contributed by atoms with Crippen LogP contribution in [0.25, 0.3) is 0 Å². The van der Waals surface area contributed by atoms with Crippen LogP contribution in [-0.4, -0.2) is 24.0 Å². The van der Waals surface area contributed by atoms with Crippen molar-refractivity contribution in [3.63, 3.8) is 0 Å². The lowest BCUT2D eigenvalue weighted by atomic mass is 10.1. The number of nitriles is 1. The number of Topliss-reactive ketones (excluding diaryl/α,β-unsaturated/α-hetero) is 1. The van der Waals surface area contributed by atoms with Gasteiger partial charge in [0.1, 0.15) is 11.4 Å². The number of hydrogen-bond donors (Lipinski definition) is 1. The van der Waals surface area contributed by atoms with Gasteiger partial charge in [0.05, 0.1) is 12.5 Å². The van der Waals surface area contributed by atoms with Gasteiger partial charge in [0.15, 0.2) is 0 Å². The second-order valence-electron chi connectivity index (χ2n) is 4.76. The summed E-state index contributed by atoms with van der Waals surface area (Å²) in [6.07, 6.45) is 1.30. The summed E-state index contributed by atoms with van der Waals surface area (Å²) in [6, 6.07) is 1.81. The molecule has 1 N–H and O–H groups in total. The molecule has 96 valence electrons. The Hall–Kier alpha value is -1.57. The molecule has 17 heavy (non-hydrogen) atoms. The second kappa shape index (κ2) is 7.66. The zero-order valence-electron chi connectivity index (χ0n) is 10.7. The fourth-order valence-corrected chi connectivity index (χ4v) is 1.13. The number of carbonyl (C=O) groups excluding carboxylic acids is 2. The summed E-state index contributed by atoms with van der Waals surface area (Å²) in [5.41, 5.74) is -0.493. The van der Waals surface area contributed by atoms with Crippen molar-refractivity contribution in [3.8, 4) is 6.07 Å². The van der Waals surface area contributed by atoms with Gasteiger partial charge in [-0.15, -0.1) is 0 Å². The summed E-state index contributed by atoms with van der Waals surface area (Å²) in [4.78, 5) is 22.2. The molecule has 0 aliphatic heterocycles. The maximum absolute atomic E-state index is 11.2. The van der Waals surface area contributed by atoms with E-state index in [-0.39, 0.29) is 12.2 Å². The van der Waals surface area contributed by atoms with Gasteiger partial charge in [-0.3, -0.25) is 4.79 Å². The molecule has 0 heterocycles. The van der Waals surface area contributed by atoms with E-state index in [9.17, 15) is 9.59 Å². The van der Waals surface area contributed by atoms with Crippen molar-refractivity contribution in [2.45, 2.75) is 52.1 Å². The van der Waals surface area contributed by atoms with Gasteiger partial charge in [-0.25, -0.2) is 4.79 Å². The molecule has 0 aliphatic carbocycles. The lowest BCUT2D eigenvalue weighted by Gasteiger charge is -2.19. The van der Waals surface area contributed by atoms with E-state index < -0.39 is 11.7 Å². The molecule has 5 heteroatoms. The maximum atomic E-state index is 11.2. The predicted octanol–water partition coefficient (Wildman–Crippen LogP) is 2.16. The Bertz CT molecular complexity index is 300. The minimum Gasteiger partial charge on any atom is -0.444 e. The van der Waals surface area contributed by atoms with Crippen molar-refractivity contribution in [2.24, 2.45) is 0 Å². The van der Waals surface area contributed by atoms with E-state index >= 15 is 0 Å². The highest BCUT2D eigenvalue weighted by atomic mass is 16.6. The van der Waals surface area contributed by atoms with Crippen LogP contribution in [0.15, 0.2) is 0 Å². The molecule has 0 rings (SSSR count). The van der Waals surface area contributed by atoms with Crippen LogP contribution < -0.4 is 5.32 Å². The fraction of sp³-hybridized carbons (Fsp3) is 0.750. The van der Waals surface area contributed by atoms with E-state index in [1.54, 1.807) is 20.8 Å². The molecule has 0 atom stereocenters. The van der Waals surface area contributed by atoms with Crippen LogP contribution in [-0.2, 0) is 9.53 Å². The molecule has 0 fully saturated rings. The molecule has 0 saturated carbocycles. The highest BCUT2D eigenvalue weighted by molar-refractivity contribution is 5.80. The number of hydrogen-bond acceptors (Lipinski definition) is 4. The fourth-order valence-electron chi connectivity index (χ4n) is 1.13. The number of rotatable bonds is 6. The average Bonchev–Trinajstić information content (AvgIpc) is 2.14. The summed E-state index contributed by atoms with van der Waals surface area (Å²) in [5.74, 6) is -0.0511. The quantitative estimate of drug-likeness (QED) is 0.721. The summed E-state index contributed by atoms with van der Waals surface area (Å²) in [7, 11) is 0. The Kier molecular flexibility index (Phi) is 6.95. The van der Waals surface area contributed by atoms with Crippen molar-refractivity contribution in [1.29, 1.82) is 5.26 Å². The summed E-state index contributed by atoms with van der Waals surface area (Å²) >= 11 is 0. The highest BCUT2D eigenvalue weighted by Gasteiger charge is 2.15. The van der Waals surface area contributed by atoms with Gasteiger partial charge in [-0.2, -0.15) is 5.26 Å². The van der Waals surface area contributed by atoms with E-state index in [0.717, 1.165) is 0 Å². The average molecular weight is 240 g/mol. The van der Waals surface area contributed by atoms with Crippen molar-refractivity contribution < 1.29 is 14.3 Å². The first-order valence-electron chi connectivity index (χ1n) is 5.70. The number of nitrogens with one attached hydrogen (secondary N) is 1. The monoisotopic (exact) mass is 240 g/mol. The smallest absolute Gasteiger partial charge is 0.407 e. The van der Waals surface area contributed by atoms with E-state index in [4.69, 9.17) is 10.00 Å². The maximum Gasteiger partial charge on any atom is 0.407 e. The minimum absolute atomic E-state index is 0.0283. The van der Waals surface area contributed by atoms with Crippen LogP contribution >= 0.6 is 0 Å². The number of nitrogens with zero attached hydrogens (tertiary/aromatic N) is 1. The molecule has 0 bridgehead atoms. The predicted molar refractivity (Wildman–Crippen MR) is 63.3 cm³/mol. The molecular weight excluding hydrogens is 220 g/mol. The molecule has 1 amide bonds. The summed E-state index contributed by atoms with van der Waals surface area (Å²) < 4.78 is 5.04. The molecule has 0 aromatic rings. The Morgan fingerprint density at radius 2 is 1.94 bits per heavy atom. The van der Waals surface area contributed by atoms with Crippen molar-refractivity contribution in [1.82, 2.24) is 5.32 Å². The number of ether oxygens (including phenoxy) is 1. The summed E-state index contributed by atoms with van der Waals surface area (Å²) in [6.45, 7) is 5.88. The SMILES string of the molecule is CC(C)(C)OC(=O)NCCCCC(=O)CC#N. The number of unbranched alkanes of at least 4 members (excludes halogenated alkanes) is 1. The molecule has 5 nitrogen and oxygen atoms in total. The molecule has 0 aromatic heterocycles.